The summed E-state index contributed by atoms with van der Waals surface area (Å²) in [7, 11) is 1.67. The first kappa shape index (κ1) is 16.9. The highest BCUT2D eigenvalue weighted by Gasteiger charge is 2.53. The molecule has 3 rings (SSSR count). The lowest BCUT2D eigenvalue weighted by molar-refractivity contribution is -0.385. The number of benzene rings is 1. The van der Waals surface area contributed by atoms with Gasteiger partial charge in [-0.15, -0.1) is 0 Å². The second-order valence-corrected chi connectivity index (χ2v) is 6.74. The number of fused-ring (bicyclic) bond motifs is 4. The molecule has 1 saturated heterocycles. The largest absolute Gasteiger partial charge is 0.467 e. The molecule has 0 spiro atoms. The summed E-state index contributed by atoms with van der Waals surface area (Å²) in [6, 6.07) is 4.62. The third-order valence-corrected chi connectivity index (χ3v) is 5.33. The Morgan fingerprint density at radius 1 is 1.54 bits per heavy atom. The van der Waals surface area contributed by atoms with Crippen LogP contribution in [0.25, 0.3) is 0 Å². The molecule has 3 atom stereocenters. The first-order chi connectivity index (χ1) is 11.4. The standard InChI is InChI=1S/C16H21N3O4S/c1-10-14-12-9-11(19(20)21)5-6-13(12)23-16(10,2)18(15(24)17-14)7-4-8-22-3/h5-6,9-10,14H,4,7-8H2,1-3H3,(H,17,24)/t10-,14+,16+/m1/s1. The molecule has 1 N–H and O–H groups in total. The Bertz CT molecular complexity index is 683. The Labute approximate surface area is 146 Å². The van der Waals surface area contributed by atoms with E-state index in [9.17, 15) is 10.1 Å². The average Bonchev–Trinajstić information content (AvgIpc) is 2.53. The lowest BCUT2D eigenvalue weighted by atomic mass is 9.80. The molecule has 0 aliphatic carbocycles. The predicted octanol–water partition coefficient (Wildman–Crippen LogP) is 2.61. The van der Waals surface area contributed by atoms with Gasteiger partial charge in [-0.25, -0.2) is 0 Å². The van der Waals surface area contributed by atoms with Crippen LogP contribution in [0.4, 0.5) is 5.69 Å². The minimum atomic E-state index is -0.593. The Hall–Kier alpha value is -1.93. The smallest absolute Gasteiger partial charge is 0.270 e. The van der Waals surface area contributed by atoms with E-state index in [0.29, 0.717) is 17.5 Å². The maximum absolute atomic E-state index is 11.1. The molecule has 130 valence electrons. The van der Waals surface area contributed by atoms with Gasteiger partial charge in [-0.05, 0) is 31.6 Å². The van der Waals surface area contributed by atoms with Crippen molar-refractivity contribution < 1.29 is 14.4 Å². The van der Waals surface area contributed by atoms with Crippen molar-refractivity contribution in [1.82, 2.24) is 10.2 Å². The molecule has 24 heavy (non-hydrogen) atoms. The van der Waals surface area contributed by atoms with Crippen LogP contribution in [0.5, 0.6) is 5.75 Å². The normalized spacial score (nSPS) is 28.0. The summed E-state index contributed by atoms with van der Waals surface area (Å²) in [6.45, 7) is 5.46. The van der Waals surface area contributed by atoms with Gasteiger partial charge in [0.1, 0.15) is 5.75 Å². The fourth-order valence-corrected chi connectivity index (χ4v) is 3.89. The van der Waals surface area contributed by atoms with Crippen molar-refractivity contribution in [3.8, 4) is 5.75 Å². The lowest BCUT2D eigenvalue weighted by Gasteiger charge is -2.56. The van der Waals surface area contributed by atoms with Crippen LogP contribution in [0, 0.1) is 16.0 Å². The molecule has 0 amide bonds. The van der Waals surface area contributed by atoms with Crippen molar-refractivity contribution in [1.29, 1.82) is 0 Å². The molecule has 2 heterocycles. The molecule has 0 radical (unpaired) electrons. The quantitative estimate of drug-likeness (QED) is 0.378. The number of ether oxygens (including phenoxy) is 2. The summed E-state index contributed by atoms with van der Waals surface area (Å²) in [5, 5.41) is 15.0. The average molecular weight is 351 g/mol. The van der Waals surface area contributed by atoms with Crippen molar-refractivity contribution in [3.63, 3.8) is 0 Å². The van der Waals surface area contributed by atoms with E-state index < -0.39 is 10.6 Å². The molecule has 2 aliphatic rings. The van der Waals surface area contributed by atoms with Crippen LogP contribution in [0.2, 0.25) is 0 Å². The number of non-ortho nitro benzene ring substituents is 1. The van der Waals surface area contributed by atoms with Gasteiger partial charge < -0.3 is 19.7 Å². The van der Waals surface area contributed by atoms with Crippen LogP contribution in [0.3, 0.4) is 0 Å². The molecule has 2 aliphatic heterocycles. The van der Waals surface area contributed by atoms with Gasteiger partial charge in [0.05, 0.1) is 11.0 Å². The van der Waals surface area contributed by atoms with E-state index in [4.69, 9.17) is 21.7 Å². The van der Waals surface area contributed by atoms with Gasteiger partial charge >= 0.3 is 0 Å². The SMILES string of the molecule is COCCCN1C(=S)N[C@@H]2c3cc([N+](=O)[O-])ccc3O[C@@]1(C)[C@@H]2C. The third-order valence-electron chi connectivity index (χ3n) is 4.99. The number of nitrogens with zero attached hydrogens (tertiary/aromatic N) is 2. The highest BCUT2D eigenvalue weighted by atomic mass is 32.1. The molecule has 8 heteroatoms. The van der Waals surface area contributed by atoms with Gasteiger partial charge in [-0.3, -0.25) is 10.1 Å². The number of thiocarbonyl (C=S) groups is 1. The Kier molecular flexibility index (Phi) is 4.35. The number of methoxy groups -OCH3 is 1. The van der Waals surface area contributed by atoms with E-state index in [-0.39, 0.29) is 17.6 Å². The maximum Gasteiger partial charge on any atom is 0.270 e. The Balaban J connectivity index is 1.97. The number of nitrogens with one attached hydrogen (secondary N) is 1. The second-order valence-electron chi connectivity index (χ2n) is 6.35. The zero-order chi connectivity index (χ0) is 17.5. The fourth-order valence-electron chi connectivity index (χ4n) is 3.49. The zero-order valence-electron chi connectivity index (χ0n) is 13.9. The summed E-state index contributed by atoms with van der Waals surface area (Å²) >= 11 is 5.53. The van der Waals surface area contributed by atoms with E-state index in [1.807, 2.05) is 11.8 Å². The molecule has 7 nitrogen and oxygen atoms in total. The number of hydrogen-bond acceptors (Lipinski definition) is 5. The molecule has 1 aromatic carbocycles. The summed E-state index contributed by atoms with van der Waals surface area (Å²) in [5.41, 5.74) is 0.251. The third kappa shape index (κ3) is 2.59. The minimum Gasteiger partial charge on any atom is -0.467 e. The van der Waals surface area contributed by atoms with Gasteiger partial charge in [0.25, 0.3) is 5.69 Å². The van der Waals surface area contributed by atoms with Crippen molar-refractivity contribution in [3.05, 3.63) is 33.9 Å². The Morgan fingerprint density at radius 2 is 2.29 bits per heavy atom. The molecule has 0 aromatic heterocycles. The van der Waals surface area contributed by atoms with Crippen molar-refractivity contribution in [2.45, 2.75) is 32.0 Å². The highest BCUT2D eigenvalue weighted by molar-refractivity contribution is 7.80. The maximum atomic E-state index is 11.1. The predicted molar refractivity (Wildman–Crippen MR) is 93.0 cm³/mol. The van der Waals surface area contributed by atoms with E-state index >= 15 is 0 Å². The lowest BCUT2D eigenvalue weighted by Crippen LogP contribution is -2.69. The van der Waals surface area contributed by atoms with Crippen molar-refractivity contribution in [2.75, 3.05) is 20.3 Å². The summed E-state index contributed by atoms with van der Waals surface area (Å²) in [4.78, 5) is 12.7. The van der Waals surface area contributed by atoms with E-state index in [1.165, 1.54) is 6.07 Å². The number of rotatable bonds is 5. The second kappa shape index (κ2) is 6.18. The minimum absolute atomic E-state index is 0.0587. The molecule has 1 fully saturated rings. The molecule has 1 aromatic rings. The van der Waals surface area contributed by atoms with Gasteiger partial charge in [-0.2, -0.15) is 0 Å². The first-order valence-electron chi connectivity index (χ1n) is 7.93. The van der Waals surface area contributed by atoms with Crippen LogP contribution >= 0.6 is 12.2 Å². The van der Waals surface area contributed by atoms with Crippen LogP contribution in [-0.4, -0.2) is 40.9 Å². The van der Waals surface area contributed by atoms with Gasteiger partial charge in [0, 0.05) is 43.9 Å². The Morgan fingerprint density at radius 3 is 2.96 bits per heavy atom. The van der Waals surface area contributed by atoms with Crippen LogP contribution in [0.1, 0.15) is 31.9 Å². The van der Waals surface area contributed by atoms with Crippen molar-refractivity contribution >= 4 is 23.0 Å². The van der Waals surface area contributed by atoms with Gasteiger partial charge in [0.2, 0.25) is 0 Å². The highest BCUT2D eigenvalue weighted by Crippen LogP contribution is 2.48. The number of hydrogen-bond donors (Lipinski definition) is 1. The monoisotopic (exact) mass is 351 g/mol. The van der Waals surface area contributed by atoms with Crippen molar-refractivity contribution in [2.24, 2.45) is 5.92 Å². The molecule has 0 unspecified atom stereocenters. The van der Waals surface area contributed by atoms with Gasteiger partial charge in [0.15, 0.2) is 10.8 Å². The summed E-state index contributed by atoms with van der Waals surface area (Å²) in [6.07, 6.45) is 0.835. The molecule has 2 bridgehead atoms. The zero-order valence-corrected chi connectivity index (χ0v) is 14.8. The number of nitro benzene ring substituents is 1. The summed E-state index contributed by atoms with van der Waals surface area (Å²) < 4.78 is 11.4. The van der Waals surface area contributed by atoms with Crippen LogP contribution in [0.15, 0.2) is 18.2 Å². The van der Waals surface area contributed by atoms with Crippen LogP contribution < -0.4 is 10.1 Å². The molecular formula is C16H21N3O4S. The van der Waals surface area contributed by atoms with E-state index in [1.54, 1.807) is 19.2 Å². The molecule has 0 saturated carbocycles. The topological polar surface area (TPSA) is 76.9 Å². The number of nitro groups is 1. The van der Waals surface area contributed by atoms with Gasteiger partial charge in [-0.1, -0.05) is 6.92 Å². The first-order valence-corrected chi connectivity index (χ1v) is 8.33. The van der Waals surface area contributed by atoms with E-state index in [0.717, 1.165) is 18.5 Å². The molecular weight excluding hydrogens is 330 g/mol. The van der Waals surface area contributed by atoms with E-state index in [2.05, 4.69) is 12.2 Å². The van der Waals surface area contributed by atoms with Crippen LogP contribution in [-0.2, 0) is 4.74 Å². The summed E-state index contributed by atoms with van der Waals surface area (Å²) in [5.74, 6) is 0.735. The fraction of sp³-hybridized carbons (Fsp3) is 0.562.